The quantitative estimate of drug-likeness (QED) is 0.578. The number of nitrogens with one attached hydrogen (secondary N) is 2. The van der Waals surface area contributed by atoms with E-state index in [2.05, 4.69) is 5.32 Å². The average Bonchev–Trinajstić information content (AvgIpc) is 2.53. The normalized spacial score (nSPS) is 9.18. The van der Waals surface area contributed by atoms with Crippen molar-refractivity contribution in [2.45, 2.75) is 13.2 Å². The molecule has 0 fully saturated rings. The third-order valence-electron chi connectivity index (χ3n) is 3.06. The van der Waals surface area contributed by atoms with Crippen LogP contribution in [0.4, 0.5) is 0 Å². The van der Waals surface area contributed by atoms with Crippen LogP contribution in [0.15, 0.2) is 48.5 Å². The molecule has 0 saturated heterocycles. The van der Waals surface area contributed by atoms with Crippen molar-refractivity contribution < 1.29 is 4.74 Å². The summed E-state index contributed by atoms with van der Waals surface area (Å²) in [7, 11) is 1.74. The van der Waals surface area contributed by atoms with Crippen LogP contribution in [-0.2, 0) is 13.2 Å². The Bertz CT molecular complexity index is 571. The molecule has 0 aliphatic rings. The number of hydrogen-bond donors (Lipinski definition) is 3. The monoisotopic (exact) mass is 341 g/mol. The maximum Gasteiger partial charge on any atom is 0.125 e. The van der Waals surface area contributed by atoms with Crippen LogP contribution in [0.3, 0.4) is 0 Å². The van der Waals surface area contributed by atoms with Gasteiger partial charge in [0.25, 0.3) is 0 Å². The molecular formula is C16H21Cl2N3O. The van der Waals surface area contributed by atoms with Crippen molar-refractivity contribution in [3.63, 3.8) is 0 Å². The van der Waals surface area contributed by atoms with Crippen molar-refractivity contribution in [1.29, 1.82) is 5.41 Å². The van der Waals surface area contributed by atoms with E-state index in [0.29, 0.717) is 19.0 Å². The Morgan fingerprint density at radius 1 is 1.00 bits per heavy atom. The fourth-order valence-electron chi connectivity index (χ4n) is 1.80. The fourth-order valence-corrected chi connectivity index (χ4v) is 1.80. The first-order chi connectivity index (χ1) is 9.72. The van der Waals surface area contributed by atoms with Gasteiger partial charge in [-0.1, -0.05) is 36.4 Å². The summed E-state index contributed by atoms with van der Waals surface area (Å²) >= 11 is 0. The summed E-state index contributed by atoms with van der Waals surface area (Å²) in [5, 5.41) is 10.5. The van der Waals surface area contributed by atoms with Gasteiger partial charge in [0.15, 0.2) is 0 Å². The maximum absolute atomic E-state index is 7.67. The summed E-state index contributed by atoms with van der Waals surface area (Å²) in [4.78, 5) is 0. The molecule has 2 aromatic carbocycles. The van der Waals surface area contributed by atoms with Gasteiger partial charge in [-0.3, -0.25) is 5.41 Å². The lowest BCUT2D eigenvalue weighted by molar-refractivity contribution is 0.306. The summed E-state index contributed by atoms with van der Waals surface area (Å²) in [5.41, 5.74) is 8.58. The van der Waals surface area contributed by atoms with E-state index in [1.165, 1.54) is 0 Å². The molecule has 6 heteroatoms. The molecule has 0 aliphatic carbocycles. The van der Waals surface area contributed by atoms with E-state index >= 15 is 0 Å². The number of hydrogen-bond acceptors (Lipinski definition) is 3. The van der Waals surface area contributed by atoms with Gasteiger partial charge in [-0.05, 0) is 23.3 Å². The second-order valence-corrected chi connectivity index (χ2v) is 4.46. The first-order valence-corrected chi connectivity index (χ1v) is 6.50. The van der Waals surface area contributed by atoms with Gasteiger partial charge in [-0.2, -0.15) is 0 Å². The minimum absolute atomic E-state index is 0. The summed E-state index contributed by atoms with van der Waals surface area (Å²) in [6, 6.07) is 15.5. The summed E-state index contributed by atoms with van der Waals surface area (Å²) < 4.78 is 5.71. The standard InChI is InChI=1S/C16H19N3O.2ClH/c1-19-16(18)14-6-2-13(3-7-14)11-20-15-8-4-12(10-17)5-9-15;;/h2-9H,10-11,17H2,1H3,(H2,18,19);2*1H. The van der Waals surface area contributed by atoms with E-state index in [-0.39, 0.29) is 24.8 Å². The number of nitrogens with two attached hydrogens (primary N) is 1. The third-order valence-corrected chi connectivity index (χ3v) is 3.06. The number of rotatable bonds is 5. The highest BCUT2D eigenvalue weighted by atomic mass is 35.5. The first-order valence-electron chi connectivity index (χ1n) is 6.50. The molecule has 120 valence electrons. The predicted molar refractivity (Wildman–Crippen MR) is 95.5 cm³/mol. The van der Waals surface area contributed by atoms with Gasteiger partial charge in [-0.25, -0.2) is 0 Å². The van der Waals surface area contributed by atoms with Crippen LogP contribution in [0.25, 0.3) is 0 Å². The average molecular weight is 342 g/mol. The van der Waals surface area contributed by atoms with E-state index in [9.17, 15) is 0 Å². The lowest BCUT2D eigenvalue weighted by Crippen LogP contribution is -2.17. The maximum atomic E-state index is 7.67. The lowest BCUT2D eigenvalue weighted by Gasteiger charge is -2.08. The van der Waals surface area contributed by atoms with Gasteiger partial charge in [0, 0.05) is 19.2 Å². The molecule has 0 unspecified atom stereocenters. The second-order valence-electron chi connectivity index (χ2n) is 4.46. The minimum Gasteiger partial charge on any atom is -0.489 e. The van der Waals surface area contributed by atoms with E-state index in [0.717, 1.165) is 22.4 Å². The van der Waals surface area contributed by atoms with Crippen molar-refractivity contribution >= 4 is 30.6 Å². The molecule has 0 atom stereocenters. The van der Waals surface area contributed by atoms with Crippen LogP contribution in [0.2, 0.25) is 0 Å². The van der Waals surface area contributed by atoms with E-state index in [4.69, 9.17) is 15.9 Å². The molecule has 2 rings (SSSR count). The van der Waals surface area contributed by atoms with Crippen LogP contribution >= 0.6 is 24.8 Å². The van der Waals surface area contributed by atoms with Crippen LogP contribution in [-0.4, -0.2) is 12.9 Å². The van der Waals surface area contributed by atoms with E-state index in [1.807, 2.05) is 48.5 Å². The molecule has 0 saturated carbocycles. The number of benzene rings is 2. The molecular weight excluding hydrogens is 321 g/mol. The van der Waals surface area contributed by atoms with Gasteiger partial charge in [0.1, 0.15) is 18.2 Å². The number of ether oxygens (including phenoxy) is 1. The van der Waals surface area contributed by atoms with Gasteiger partial charge < -0.3 is 15.8 Å². The zero-order valence-corrected chi connectivity index (χ0v) is 14.0. The Morgan fingerprint density at radius 3 is 2.05 bits per heavy atom. The molecule has 2 aromatic rings. The van der Waals surface area contributed by atoms with Crippen molar-refractivity contribution in [2.75, 3.05) is 7.05 Å². The highest BCUT2D eigenvalue weighted by molar-refractivity contribution is 5.96. The van der Waals surface area contributed by atoms with Crippen LogP contribution in [0, 0.1) is 5.41 Å². The topological polar surface area (TPSA) is 71.1 Å². The Labute approximate surface area is 143 Å². The molecule has 22 heavy (non-hydrogen) atoms. The summed E-state index contributed by atoms with van der Waals surface area (Å²) in [6.45, 7) is 1.05. The molecule has 0 heterocycles. The van der Waals surface area contributed by atoms with Crippen LogP contribution in [0.1, 0.15) is 16.7 Å². The SMILES string of the molecule is CNC(=N)c1ccc(COc2ccc(CN)cc2)cc1.Cl.Cl. The molecule has 0 aliphatic heterocycles. The van der Waals surface area contributed by atoms with Crippen LogP contribution in [0.5, 0.6) is 5.75 Å². The van der Waals surface area contributed by atoms with Crippen molar-refractivity contribution in [3.05, 3.63) is 65.2 Å². The third kappa shape index (κ3) is 5.56. The molecule has 0 spiro atoms. The molecule has 0 bridgehead atoms. The summed E-state index contributed by atoms with van der Waals surface area (Å²) in [5.74, 6) is 1.24. The molecule has 0 aromatic heterocycles. The predicted octanol–water partition coefficient (Wildman–Crippen LogP) is 3.11. The highest BCUT2D eigenvalue weighted by Gasteiger charge is 2.00. The smallest absolute Gasteiger partial charge is 0.125 e. The Kier molecular flexibility index (Phi) is 9.26. The van der Waals surface area contributed by atoms with E-state index < -0.39 is 0 Å². The minimum atomic E-state index is 0. The molecule has 4 nitrogen and oxygen atoms in total. The largest absolute Gasteiger partial charge is 0.489 e. The second kappa shape index (κ2) is 10.1. The zero-order chi connectivity index (χ0) is 14.4. The van der Waals surface area contributed by atoms with Gasteiger partial charge >= 0.3 is 0 Å². The molecule has 0 radical (unpaired) electrons. The Balaban J connectivity index is 0.00000220. The molecule has 0 amide bonds. The van der Waals surface area contributed by atoms with Crippen molar-refractivity contribution in [2.24, 2.45) is 5.73 Å². The first kappa shape index (κ1) is 20.2. The summed E-state index contributed by atoms with van der Waals surface area (Å²) in [6.07, 6.45) is 0. The number of halogens is 2. The number of amidine groups is 1. The Hall–Kier alpha value is -1.75. The van der Waals surface area contributed by atoms with Crippen molar-refractivity contribution in [1.82, 2.24) is 5.32 Å². The zero-order valence-electron chi connectivity index (χ0n) is 12.3. The molecule has 4 N–H and O–H groups in total. The van der Waals surface area contributed by atoms with Gasteiger partial charge in [0.05, 0.1) is 0 Å². The van der Waals surface area contributed by atoms with Crippen LogP contribution < -0.4 is 15.8 Å². The van der Waals surface area contributed by atoms with Gasteiger partial charge in [-0.15, -0.1) is 24.8 Å². The lowest BCUT2D eigenvalue weighted by atomic mass is 10.1. The van der Waals surface area contributed by atoms with Crippen molar-refractivity contribution in [3.8, 4) is 5.75 Å². The fraction of sp³-hybridized carbons (Fsp3) is 0.188. The van der Waals surface area contributed by atoms with Gasteiger partial charge in [0.2, 0.25) is 0 Å². The van der Waals surface area contributed by atoms with E-state index in [1.54, 1.807) is 7.05 Å². The Morgan fingerprint density at radius 2 is 1.55 bits per heavy atom. The highest BCUT2D eigenvalue weighted by Crippen LogP contribution is 2.14.